The van der Waals surface area contributed by atoms with Gasteiger partial charge in [-0.25, -0.2) is 17.6 Å². The van der Waals surface area contributed by atoms with Crippen molar-refractivity contribution in [1.29, 1.82) is 0 Å². The first-order valence-corrected chi connectivity index (χ1v) is 9.08. The topological polar surface area (TPSA) is 23.5 Å². The van der Waals surface area contributed by atoms with Crippen LogP contribution in [0.4, 0.5) is 17.6 Å². The van der Waals surface area contributed by atoms with Crippen LogP contribution in [0, 0.1) is 23.3 Å². The van der Waals surface area contributed by atoms with E-state index in [1.165, 1.54) is 17.0 Å². The van der Waals surface area contributed by atoms with E-state index in [1.54, 1.807) is 6.92 Å². The zero-order chi connectivity index (χ0) is 19.9. The summed E-state index contributed by atoms with van der Waals surface area (Å²) < 4.78 is 56.6. The monoisotopic (exact) mass is 461 g/mol. The minimum atomic E-state index is -1.23. The van der Waals surface area contributed by atoms with Gasteiger partial charge in [0.15, 0.2) is 6.23 Å². The van der Waals surface area contributed by atoms with Crippen molar-refractivity contribution in [1.82, 2.24) is 4.90 Å². The maximum absolute atomic E-state index is 14.5. The zero-order valence-electron chi connectivity index (χ0n) is 13.9. The lowest BCUT2D eigenvalue weighted by Gasteiger charge is -2.36. The number of aliphatic hydroxyl groups excluding tert-OH is 1. The van der Waals surface area contributed by atoms with Gasteiger partial charge >= 0.3 is 0 Å². The molecule has 2 nitrogen and oxygen atoms in total. The first-order chi connectivity index (χ1) is 12.7. The van der Waals surface area contributed by atoms with Crippen LogP contribution in [0.25, 0.3) is 11.3 Å². The highest BCUT2D eigenvalue weighted by Crippen LogP contribution is 2.42. The molecule has 0 bridgehead atoms. The van der Waals surface area contributed by atoms with E-state index in [0.29, 0.717) is 16.6 Å². The molecular formula is C19H13BrClF4NO. The van der Waals surface area contributed by atoms with Gasteiger partial charge in [0.1, 0.15) is 23.3 Å². The van der Waals surface area contributed by atoms with Gasteiger partial charge in [-0.3, -0.25) is 0 Å². The van der Waals surface area contributed by atoms with Gasteiger partial charge < -0.3 is 10.0 Å². The van der Waals surface area contributed by atoms with Crippen LogP contribution in [0.2, 0.25) is 5.02 Å². The average molecular weight is 463 g/mol. The van der Waals surface area contributed by atoms with Crippen LogP contribution in [-0.4, -0.2) is 22.8 Å². The van der Waals surface area contributed by atoms with Gasteiger partial charge in [-0.05, 0) is 31.2 Å². The Morgan fingerprint density at radius 2 is 1.70 bits per heavy atom. The third-order valence-electron chi connectivity index (χ3n) is 4.17. The van der Waals surface area contributed by atoms with Crippen molar-refractivity contribution in [2.75, 3.05) is 6.54 Å². The molecule has 1 aliphatic rings. The van der Waals surface area contributed by atoms with Crippen molar-refractivity contribution >= 4 is 38.8 Å². The van der Waals surface area contributed by atoms with Crippen molar-refractivity contribution in [3.05, 3.63) is 80.3 Å². The van der Waals surface area contributed by atoms with Crippen LogP contribution in [-0.2, 0) is 0 Å². The molecule has 8 heteroatoms. The Balaban J connectivity index is 2.42. The second kappa shape index (κ2) is 7.66. The fourth-order valence-corrected chi connectivity index (χ4v) is 3.69. The van der Waals surface area contributed by atoms with E-state index in [1.807, 2.05) is 0 Å². The number of aliphatic hydroxyl groups is 1. The third-order valence-corrected chi connectivity index (χ3v) is 5.14. The van der Waals surface area contributed by atoms with Crippen LogP contribution in [0.15, 0.2) is 40.9 Å². The lowest BCUT2D eigenvalue weighted by Crippen LogP contribution is -2.37. The summed E-state index contributed by atoms with van der Waals surface area (Å²) in [7, 11) is 0. The summed E-state index contributed by atoms with van der Waals surface area (Å²) in [5, 5.41) is 10.6. The van der Waals surface area contributed by atoms with Gasteiger partial charge in [-0.1, -0.05) is 27.5 Å². The van der Waals surface area contributed by atoms with Crippen LogP contribution in [0.1, 0.15) is 18.1 Å². The molecule has 1 N–H and O–H groups in total. The molecule has 0 saturated heterocycles. The maximum Gasteiger partial charge on any atom is 0.159 e. The van der Waals surface area contributed by atoms with E-state index in [2.05, 4.69) is 15.9 Å². The number of benzene rings is 2. The van der Waals surface area contributed by atoms with Gasteiger partial charge in [0.2, 0.25) is 0 Å². The summed E-state index contributed by atoms with van der Waals surface area (Å²) in [6.45, 7) is 1.82. The fraction of sp³-hybridized carbons (Fsp3) is 0.158. The highest BCUT2D eigenvalue weighted by atomic mass is 79.9. The molecule has 3 rings (SSSR count). The predicted octanol–water partition coefficient (Wildman–Crippen LogP) is 5.70. The van der Waals surface area contributed by atoms with Crippen molar-refractivity contribution in [3.63, 3.8) is 0 Å². The number of halogens is 6. The second-order valence-electron chi connectivity index (χ2n) is 5.82. The van der Waals surface area contributed by atoms with Crippen molar-refractivity contribution in [3.8, 4) is 0 Å². The number of likely N-dealkylation sites (N-methyl/N-ethyl adjacent to an activating group) is 1. The number of nitrogens with zero attached hydrogens (tertiary/aromatic N) is 1. The van der Waals surface area contributed by atoms with E-state index in [0.717, 1.165) is 12.1 Å². The molecule has 0 aromatic heterocycles. The molecule has 0 spiro atoms. The number of rotatable bonds is 3. The molecule has 1 heterocycles. The first kappa shape index (κ1) is 19.9. The Kier molecular flexibility index (Phi) is 5.65. The summed E-state index contributed by atoms with van der Waals surface area (Å²) >= 11 is 9.40. The highest BCUT2D eigenvalue weighted by Gasteiger charge is 2.32. The van der Waals surface area contributed by atoms with Gasteiger partial charge in [-0.15, -0.1) is 0 Å². The molecule has 2 aromatic rings. The Morgan fingerprint density at radius 3 is 2.30 bits per heavy atom. The summed E-state index contributed by atoms with van der Waals surface area (Å²) in [4.78, 5) is 1.31. The molecule has 0 amide bonds. The van der Waals surface area contributed by atoms with Crippen molar-refractivity contribution < 1.29 is 22.7 Å². The normalized spacial score (nSPS) is 17.4. The Bertz CT molecular complexity index is 953. The van der Waals surface area contributed by atoms with Gasteiger partial charge in [-0.2, -0.15) is 0 Å². The molecule has 1 aliphatic heterocycles. The largest absolute Gasteiger partial charge is 0.369 e. The summed E-state index contributed by atoms with van der Waals surface area (Å²) in [5.74, 6) is -3.97. The fourth-order valence-electron chi connectivity index (χ4n) is 2.99. The summed E-state index contributed by atoms with van der Waals surface area (Å²) in [6, 6.07) is 4.68. The van der Waals surface area contributed by atoms with Crippen LogP contribution in [0.5, 0.6) is 0 Å². The van der Waals surface area contributed by atoms with Crippen molar-refractivity contribution in [2.45, 2.75) is 13.2 Å². The molecule has 0 saturated carbocycles. The average Bonchev–Trinajstić information content (AvgIpc) is 2.59. The molecule has 142 valence electrons. The quantitative estimate of drug-likeness (QED) is 0.592. The molecule has 2 aromatic carbocycles. The van der Waals surface area contributed by atoms with E-state index >= 15 is 0 Å². The third kappa shape index (κ3) is 3.63. The molecule has 0 fully saturated rings. The lowest BCUT2D eigenvalue weighted by molar-refractivity contribution is 0.0881. The first-order valence-electron chi connectivity index (χ1n) is 7.91. The van der Waals surface area contributed by atoms with Crippen LogP contribution >= 0.6 is 27.5 Å². The van der Waals surface area contributed by atoms with E-state index in [9.17, 15) is 22.7 Å². The van der Waals surface area contributed by atoms with Crippen molar-refractivity contribution in [2.24, 2.45) is 0 Å². The Hall–Kier alpha value is -1.83. The van der Waals surface area contributed by atoms with Gasteiger partial charge in [0.05, 0.1) is 11.3 Å². The standard InChI is InChI=1S/C19H13BrClF4NO/c1-2-26-18(17-15(24)6-10(23)7-16(17)25)12(8-13(20)19(26)27)11-5-9(22)3-4-14(11)21/h3-8,19,27H,2H2,1H3. The van der Waals surface area contributed by atoms with Gasteiger partial charge in [0.25, 0.3) is 0 Å². The van der Waals surface area contributed by atoms with E-state index in [4.69, 9.17) is 11.6 Å². The number of allylic oxidation sites excluding steroid dienone is 2. The molecule has 0 radical (unpaired) electrons. The summed E-state index contributed by atoms with van der Waals surface area (Å²) in [5.41, 5.74) is -0.236. The highest BCUT2D eigenvalue weighted by molar-refractivity contribution is 9.11. The van der Waals surface area contributed by atoms with Crippen LogP contribution < -0.4 is 0 Å². The molecule has 27 heavy (non-hydrogen) atoms. The minimum absolute atomic E-state index is 0.0595. The Labute approximate surface area is 166 Å². The predicted molar refractivity (Wildman–Crippen MR) is 99.9 cm³/mol. The molecule has 1 unspecified atom stereocenters. The van der Waals surface area contributed by atoms with E-state index < -0.39 is 35.1 Å². The molecule has 1 atom stereocenters. The smallest absolute Gasteiger partial charge is 0.159 e. The SMILES string of the molecule is CCN1C(c2c(F)cc(F)cc2F)=C(c2cc(F)ccc2Cl)C=C(Br)C1O. The van der Waals surface area contributed by atoms with Gasteiger partial charge in [0, 0.05) is 39.3 Å². The number of hydrogen-bond donors (Lipinski definition) is 1. The molecule has 0 aliphatic carbocycles. The minimum Gasteiger partial charge on any atom is -0.369 e. The maximum atomic E-state index is 14.5. The lowest BCUT2D eigenvalue weighted by atomic mass is 9.94. The molecular weight excluding hydrogens is 450 g/mol. The summed E-state index contributed by atoms with van der Waals surface area (Å²) in [6.07, 6.45) is 0.180. The zero-order valence-corrected chi connectivity index (χ0v) is 16.3. The second-order valence-corrected chi connectivity index (χ2v) is 7.14. The van der Waals surface area contributed by atoms with Crippen LogP contribution in [0.3, 0.4) is 0 Å². The Morgan fingerprint density at radius 1 is 1.07 bits per heavy atom. The number of hydrogen-bond acceptors (Lipinski definition) is 2. The van der Waals surface area contributed by atoms with E-state index in [-0.39, 0.29) is 28.4 Å².